The van der Waals surface area contributed by atoms with Crippen LogP contribution < -0.4 is 4.90 Å². The maximum Gasteiger partial charge on any atom is 0.271 e. The summed E-state index contributed by atoms with van der Waals surface area (Å²) < 4.78 is 0. The summed E-state index contributed by atoms with van der Waals surface area (Å²) in [7, 11) is 1.86. The van der Waals surface area contributed by atoms with Crippen molar-refractivity contribution in [2.75, 3.05) is 24.4 Å². The Bertz CT molecular complexity index is 554. The Morgan fingerprint density at radius 1 is 1.59 bits per heavy atom. The van der Waals surface area contributed by atoms with Crippen LogP contribution in [-0.2, 0) is 0 Å². The Labute approximate surface area is 102 Å². The average Bonchev–Trinajstić information content (AvgIpc) is 2.71. The molecule has 0 saturated heterocycles. The molecule has 0 atom stereocenters. The topological polar surface area (TPSA) is 75.1 Å². The highest BCUT2D eigenvalue weighted by molar-refractivity contribution is 6.18. The lowest BCUT2D eigenvalue weighted by molar-refractivity contribution is -0.384. The molecule has 1 N–H and O–H groups in total. The summed E-state index contributed by atoms with van der Waals surface area (Å²) in [6.07, 6.45) is 0. The molecule has 0 saturated carbocycles. The Hall–Kier alpha value is -1.82. The number of nitro benzene ring substituents is 1. The number of benzene rings is 1. The monoisotopic (exact) mass is 254 g/mol. The highest BCUT2D eigenvalue weighted by Gasteiger charge is 2.11. The number of nitrogens with zero attached hydrogens (tertiary/aromatic N) is 3. The number of hydrogen-bond acceptors (Lipinski definition) is 4. The molecular formula is C10H11ClN4O2. The molecule has 0 fully saturated rings. The number of fused-ring (bicyclic) bond motifs is 1. The molecule has 1 aromatic heterocycles. The molecule has 2 aromatic rings. The lowest BCUT2D eigenvalue weighted by atomic mass is 10.3. The van der Waals surface area contributed by atoms with Gasteiger partial charge < -0.3 is 9.88 Å². The van der Waals surface area contributed by atoms with E-state index in [-0.39, 0.29) is 5.69 Å². The van der Waals surface area contributed by atoms with Gasteiger partial charge in [0.25, 0.3) is 5.69 Å². The molecule has 7 heteroatoms. The normalized spacial score (nSPS) is 10.7. The van der Waals surface area contributed by atoms with E-state index >= 15 is 0 Å². The first-order valence-electron chi connectivity index (χ1n) is 5.03. The van der Waals surface area contributed by atoms with Crippen molar-refractivity contribution in [2.24, 2.45) is 0 Å². The molecule has 2 rings (SSSR count). The van der Waals surface area contributed by atoms with Gasteiger partial charge in [-0.25, -0.2) is 4.98 Å². The predicted molar refractivity (Wildman–Crippen MR) is 66.7 cm³/mol. The molecule has 0 bridgehead atoms. The largest absolute Gasteiger partial charge is 0.344 e. The maximum absolute atomic E-state index is 10.6. The fraction of sp³-hybridized carbons (Fsp3) is 0.300. The summed E-state index contributed by atoms with van der Waals surface area (Å²) in [4.78, 5) is 19.4. The second kappa shape index (κ2) is 4.58. The fourth-order valence-electron chi connectivity index (χ4n) is 1.51. The fourth-order valence-corrected chi connectivity index (χ4v) is 1.76. The molecule has 6 nitrogen and oxygen atoms in total. The SMILES string of the molecule is CN(CCCl)c1nc2ccc([N+](=O)[O-])cc2[nH]1. The van der Waals surface area contributed by atoms with Crippen LogP contribution in [0.15, 0.2) is 18.2 Å². The molecule has 1 aromatic carbocycles. The van der Waals surface area contributed by atoms with E-state index in [4.69, 9.17) is 11.6 Å². The van der Waals surface area contributed by atoms with Crippen molar-refractivity contribution in [3.8, 4) is 0 Å². The van der Waals surface area contributed by atoms with E-state index < -0.39 is 4.92 Å². The molecule has 1 heterocycles. The van der Waals surface area contributed by atoms with Gasteiger partial charge in [-0.2, -0.15) is 0 Å². The molecule has 0 aliphatic rings. The lowest BCUT2D eigenvalue weighted by Gasteiger charge is -2.12. The quantitative estimate of drug-likeness (QED) is 0.515. The Morgan fingerprint density at radius 3 is 3.00 bits per heavy atom. The Balaban J connectivity index is 2.40. The first kappa shape index (κ1) is 11.7. The van der Waals surface area contributed by atoms with Crippen molar-refractivity contribution in [3.63, 3.8) is 0 Å². The maximum atomic E-state index is 10.6. The second-order valence-corrected chi connectivity index (χ2v) is 4.01. The number of nitro groups is 1. The van der Waals surface area contributed by atoms with E-state index in [1.807, 2.05) is 11.9 Å². The number of imidazole rings is 1. The van der Waals surface area contributed by atoms with Crippen LogP contribution in [0.1, 0.15) is 0 Å². The average molecular weight is 255 g/mol. The first-order chi connectivity index (χ1) is 8.11. The Morgan fingerprint density at radius 2 is 2.35 bits per heavy atom. The summed E-state index contributed by atoms with van der Waals surface area (Å²) >= 11 is 5.64. The van der Waals surface area contributed by atoms with Gasteiger partial charge in [0.15, 0.2) is 0 Å². The van der Waals surface area contributed by atoms with E-state index in [1.54, 1.807) is 6.07 Å². The van der Waals surface area contributed by atoms with Gasteiger partial charge >= 0.3 is 0 Å². The summed E-state index contributed by atoms with van der Waals surface area (Å²) in [5.74, 6) is 1.15. The van der Waals surface area contributed by atoms with Gasteiger partial charge in [-0.05, 0) is 6.07 Å². The van der Waals surface area contributed by atoms with Gasteiger partial charge in [0.2, 0.25) is 5.95 Å². The second-order valence-electron chi connectivity index (χ2n) is 3.63. The predicted octanol–water partition coefficient (Wildman–Crippen LogP) is 2.15. The number of hydrogen-bond donors (Lipinski definition) is 1. The molecule has 0 unspecified atom stereocenters. The number of aromatic nitrogens is 2. The number of non-ortho nitro benzene ring substituents is 1. The van der Waals surface area contributed by atoms with Gasteiger partial charge in [-0.3, -0.25) is 10.1 Å². The van der Waals surface area contributed by atoms with Crippen molar-refractivity contribution in [3.05, 3.63) is 28.3 Å². The minimum atomic E-state index is -0.428. The first-order valence-corrected chi connectivity index (χ1v) is 5.56. The number of nitrogens with one attached hydrogen (secondary N) is 1. The Kier molecular flexibility index (Phi) is 3.14. The highest BCUT2D eigenvalue weighted by Crippen LogP contribution is 2.21. The summed E-state index contributed by atoms with van der Waals surface area (Å²) in [6, 6.07) is 4.54. The van der Waals surface area contributed by atoms with Crippen molar-refractivity contribution in [2.45, 2.75) is 0 Å². The van der Waals surface area contributed by atoms with Gasteiger partial charge in [0.1, 0.15) is 0 Å². The standard InChI is InChI=1S/C10H11ClN4O2/c1-14(5-4-11)10-12-8-3-2-7(15(16)17)6-9(8)13-10/h2-3,6H,4-5H2,1H3,(H,12,13). The van der Waals surface area contributed by atoms with E-state index in [0.717, 1.165) is 0 Å². The van der Waals surface area contributed by atoms with Crippen LogP contribution >= 0.6 is 11.6 Å². The van der Waals surface area contributed by atoms with Crippen molar-refractivity contribution >= 4 is 34.3 Å². The molecule has 0 radical (unpaired) electrons. The van der Waals surface area contributed by atoms with Crippen LogP contribution in [0, 0.1) is 10.1 Å². The third-order valence-corrected chi connectivity index (χ3v) is 2.61. The van der Waals surface area contributed by atoms with E-state index in [9.17, 15) is 10.1 Å². The zero-order valence-electron chi connectivity index (χ0n) is 9.18. The zero-order chi connectivity index (χ0) is 12.4. The number of alkyl halides is 1. The number of aromatic amines is 1. The lowest BCUT2D eigenvalue weighted by Crippen LogP contribution is -2.20. The highest BCUT2D eigenvalue weighted by atomic mass is 35.5. The third kappa shape index (κ3) is 2.31. The van der Waals surface area contributed by atoms with Crippen molar-refractivity contribution in [1.82, 2.24) is 9.97 Å². The number of halogens is 1. The molecule has 0 spiro atoms. The zero-order valence-corrected chi connectivity index (χ0v) is 9.94. The van der Waals surface area contributed by atoms with Crippen LogP contribution in [0.2, 0.25) is 0 Å². The van der Waals surface area contributed by atoms with E-state index in [1.165, 1.54) is 12.1 Å². The van der Waals surface area contributed by atoms with Crippen LogP contribution in [-0.4, -0.2) is 34.4 Å². The molecule has 0 aliphatic carbocycles. The van der Waals surface area contributed by atoms with Gasteiger partial charge in [-0.1, -0.05) is 0 Å². The molecular weight excluding hydrogens is 244 g/mol. The van der Waals surface area contributed by atoms with Crippen molar-refractivity contribution in [1.29, 1.82) is 0 Å². The third-order valence-electron chi connectivity index (χ3n) is 2.45. The molecule has 0 aliphatic heterocycles. The van der Waals surface area contributed by atoms with E-state index in [2.05, 4.69) is 9.97 Å². The summed E-state index contributed by atoms with van der Waals surface area (Å²) in [6.45, 7) is 0.656. The smallest absolute Gasteiger partial charge is 0.271 e. The molecule has 17 heavy (non-hydrogen) atoms. The number of H-pyrrole nitrogens is 1. The summed E-state index contributed by atoms with van der Waals surface area (Å²) in [5.41, 5.74) is 1.40. The van der Waals surface area contributed by atoms with E-state index in [0.29, 0.717) is 29.4 Å². The molecule has 0 amide bonds. The molecule has 90 valence electrons. The minimum Gasteiger partial charge on any atom is -0.344 e. The van der Waals surface area contributed by atoms with Crippen LogP contribution in [0.5, 0.6) is 0 Å². The van der Waals surface area contributed by atoms with Gasteiger partial charge in [0.05, 0.1) is 16.0 Å². The van der Waals surface area contributed by atoms with Gasteiger partial charge in [0, 0.05) is 31.6 Å². The number of anilines is 1. The summed E-state index contributed by atoms with van der Waals surface area (Å²) in [5, 5.41) is 10.6. The van der Waals surface area contributed by atoms with Crippen LogP contribution in [0.25, 0.3) is 11.0 Å². The minimum absolute atomic E-state index is 0.0488. The van der Waals surface area contributed by atoms with Crippen LogP contribution in [0.3, 0.4) is 0 Å². The number of rotatable bonds is 4. The van der Waals surface area contributed by atoms with Crippen molar-refractivity contribution < 1.29 is 4.92 Å². The van der Waals surface area contributed by atoms with Crippen LogP contribution in [0.4, 0.5) is 11.6 Å². The van der Waals surface area contributed by atoms with Gasteiger partial charge in [-0.15, -0.1) is 11.6 Å².